The number of carbonyl (C=O) groups excluding carboxylic acids is 2. The molecule has 0 aliphatic carbocycles. The summed E-state index contributed by atoms with van der Waals surface area (Å²) >= 11 is 12.2. The second-order valence-corrected chi connectivity index (χ2v) is 7.23. The van der Waals surface area contributed by atoms with Crippen LogP contribution in [-0.4, -0.2) is 40.6 Å². The molecule has 0 saturated heterocycles. The molecule has 3 rings (SSSR count). The van der Waals surface area contributed by atoms with E-state index >= 15 is 0 Å². The van der Waals surface area contributed by atoms with Crippen LogP contribution in [0.4, 0.5) is 5.69 Å². The number of hydrogen-bond donors (Lipinski definition) is 1. The first-order chi connectivity index (χ1) is 13.3. The molecule has 0 bridgehead atoms. The standard InChI is InChI=1S/C20H18Cl2N4O2/c1-12-16(11-23-26(12)15-6-4-5-14(21)10-15)19(27)24-18-9-13(7-8-17(18)22)20(28)25(2)3/h4-11H,1-3H3,(H,24,27). The van der Waals surface area contributed by atoms with Crippen LogP contribution in [0.2, 0.25) is 10.0 Å². The number of rotatable bonds is 4. The van der Waals surface area contributed by atoms with E-state index in [2.05, 4.69) is 10.4 Å². The van der Waals surface area contributed by atoms with E-state index in [0.717, 1.165) is 5.69 Å². The Kier molecular flexibility index (Phi) is 5.72. The van der Waals surface area contributed by atoms with Gasteiger partial charge in [0.25, 0.3) is 11.8 Å². The Bertz CT molecular complexity index is 1060. The third-order valence-corrected chi connectivity index (χ3v) is 4.74. The molecule has 3 aromatic rings. The van der Waals surface area contributed by atoms with Crippen molar-refractivity contribution in [2.45, 2.75) is 6.92 Å². The van der Waals surface area contributed by atoms with E-state index in [9.17, 15) is 9.59 Å². The van der Waals surface area contributed by atoms with Gasteiger partial charge in [0.05, 0.1) is 33.9 Å². The summed E-state index contributed by atoms with van der Waals surface area (Å²) in [6.45, 7) is 1.79. The lowest BCUT2D eigenvalue weighted by Gasteiger charge is -2.13. The molecule has 0 saturated carbocycles. The monoisotopic (exact) mass is 416 g/mol. The molecular weight excluding hydrogens is 399 g/mol. The zero-order valence-electron chi connectivity index (χ0n) is 15.5. The van der Waals surface area contributed by atoms with Crippen molar-refractivity contribution in [1.82, 2.24) is 14.7 Å². The number of carbonyl (C=O) groups is 2. The highest BCUT2D eigenvalue weighted by atomic mass is 35.5. The average Bonchev–Trinajstić information content (AvgIpc) is 3.04. The number of benzene rings is 2. The second-order valence-electron chi connectivity index (χ2n) is 6.38. The van der Waals surface area contributed by atoms with Gasteiger partial charge in [-0.3, -0.25) is 9.59 Å². The predicted octanol–water partition coefficient (Wildman–Crippen LogP) is 4.44. The molecular formula is C20H18Cl2N4O2. The highest BCUT2D eigenvalue weighted by Gasteiger charge is 2.18. The molecule has 2 aromatic carbocycles. The molecule has 0 unspecified atom stereocenters. The quantitative estimate of drug-likeness (QED) is 0.683. The van der Waals surface area contributed by atoms with Crippen molar-refractivity contribution in [1.29, 1.82) is 0 Å². The molecule has 0 radical (unpaired) electrons. The third-order valence-electron chi connectivity index (χ3n) is 4.17. The highest BCUT2D eigenvalue weighted by molar-refractivity contribution is 6.34. The average molecular weight is 417 g/mol. The van der Waals surface area contributed by atoms with Gasteiger partial charge in [0.2, 0.25) is 0 Å². The van der Waals surface area contributed by atoms with Crippen molar-refractivity contribution in [3.8, 4) is 5.69 Å². The molecule has 28 heavy (non-hydrogen) atoms. The normalized spacial score (nSPS) is 10.6. The molecule has 0 fully saturated rings. The van der Waals surface area contributed by atoms with Crippen LogP contribution in [0.3, 0.4) is 0 Å². The van der Waals surface area contributed by atoms with Gasteiger partial charge < -0.3 is 10.2 Å². The van der Waals surface area contributed by atoms with E-state index < -0.39 is 0 Å². The molecule has 0 aliphatic heterocycles. The Morgan fingerprint density at radius 3 is 2.54 bits per heavy atom. The SMILES string of the molecule is Cc1c(C(=O)Nc2cc(C(=O)N(C)C)ccc2Cl)cnn1-c1cccc(Cl)c1. The smallest absolute Gasteiger partial charge is 0.259 e. The second kappa shape index (κ2) is 8.04. The first-order valence-corrected chi connectivity index (χ1v) is 9.16. The Hall–Kier alpha value is -2.83. The van der Waals surface area contributed by atoms with Crippen molar-refractivity contribution in [2.75, 3.05) is 19.4 Å². The molecule has 0 spiro atoms. The fourth-order valence-electron chi connectivity index (χ4n) is 2.70. The van der Waals surface area contributed by atoms with Gasteiger partial charge in [-0.1, -0.05) is 29.3 Å². The fourth-order valence-corrected chi connectivity index (χ4v) is 3.05. The summed E-state index contributed by atoms with van der Waals surface area (Å²) in [6, 6.07) is 11.9. The first kappa shape index (κ1) is 19.9. The predicted molar refractivity (Wildman–Crippen MR) is 111 cm³/mol. The number of anilines is 1. The number of amides is 2. The maximum absolute atomic E-state index is 12.8. The van der Waals surface area contributed by atoms with Crippen molar-refractivity contribution in [3.63, 3.8) is 0 Å². The molecule has 8 heteroatoms. The summed E-state index contributed by atoms with van der Waals surface area (Å²) in [5.41, 5.74) is 2.57. The lowest BCUT2D eigenvalue weighted by Crippen LogP contribution is -2.22. The first-order valence-electron chi connectivity index (χ1n) is 8.41. The summed E-state index contributed by atoms with van der Waals surface area (Å²) in [7, 11) is 3.31. The highest BCUT2D eigenvalue weighted by Crippen LogP contribution is 2.25. The van der Waals surface area contributed by atoms with Gasteiger partial charge in [0, 0.05) is 24.7 Å². The van der Waals surface area contributed by atoms with Crippen molar-refractivity contribution >= 4 is 40.7 Å². The van der Waals surface area contributed by atoms with E-state index in [1.54, 1.807) is 56.0 Å². The van der Waals surface area contributed by atoms with E-state index in [1.807, 2.05) is 12.1 Å². The maximum Gasteiger partial charge on any atom is 0.259 e. The lowest BCUT2D eigenvalue weighted by atomic mass is 10.1. The van der Waals surface area contributed by atoms with Gasteiger partial charge >= 0.3 is 0 Å². The maximum atomic E-state index is 12.8. The van der Waals surface area contributed by atoms with Gasteiger partial charge in [-0.15, -0.1) is 0 Å². The van der Waals surface area contributed by atoms with Gasteiger partial charge in [-0.25, -0.2) is 4.68 Å². The number of nitrogens with zero attached hydrogens (tertiary/aromatic N) is 3. The number of halogens is 2. The van der Waals surface area contributed by atoms with Crippen LogP contribution in [0, 0.1) is 6.92 Å². The minimum Gasteiger partial charge on any atom is -0.345 e. The van der Waals surface area contributed by atoms with Crippen LogP contribution in [0.5, 0.6) is 0 Å². The largest absolute Gasteiger partial charge is 0.345 e. The summed E-state index contributed by atoms with van der Waals surface area (Å²) in [4.78, 5) is 26.4. The van der Waals surface area contributed by atoms with Crippen LogP contribution in [-0.2, 0) is 0 Å². The summed E-state index contributed by atoms with van der Waals surface area (Å²) in [5, 5.41) is 7.95. The Balaban J connectivity index is 1.88. The van der Waals surface area contributed by atoms with Gasteiger partial charge in [0.1, 0.15) is 0 Å². The topological polar surface area (TPSA) is 67.2 Å². The molecule has 1 aromatic heterocycles. The van der Waals surface area contributed by atoms with E-state index in [0.29, 0.717) is 32.6 Å². The minimum absolute atomic E-state index is 0.183. The van der Waals surface area contributed by atoms with Crippen LogP contribution in [0.1, 0.15) is 26.4 Å². The Labute approximate surface area is 172 Å². The molecule has 1 N–H and O–H groups in total. The van der Waals surface area contributed by atoms with E-state index in [1.165, 1.54) is 11.1 Å². The van der Waals surface area contributed by atoms with E-state index in [-0.39, 0.29) is 11.8 Å². The lowest BCUT2D eigenvalue weighted by molar-refractivity contribution is 0.0827. The molecule has 2 amide bonds. The van der Waals surface area contributed by atoms with Crippen molar-refractivity contribution < 1.29 is 9.59 Å². The molecule has 144 valence electrons. The number of aromatic nitrogens is 2. The molecule has 1 heterocycles. The molecule has 6 nitrogen and oxygen atoms in total. The van der Waals surface area contributed by atoms with Crippen LogP contribution < -0.4 is 5.32 Å². The van der Waals surface area contributed by atoms with Gasteiger partial charge in [-0.2, -0.15) is 5.10 Å². The fraction of sp³-hybridized carbons (Fsp3) is 0.150. The van der Waals surface area contributed by atoms with Crippen molar-refractivity contribution in [2.24, 2.45) is 0 Å². The van der Waals surface area contributed by atoms with E-state index in [4.69, 9.17) is 23.2 Å². The van der Waals surface area contributed by atoms with Crippen LogP contribution >= 0.6 is 23.2 Å². The third kappa shape index (κ3) is 4.03. The summed E-state index contributed by atoms with van der Waals surface area (Å²) in [5.74, 6) is -0.556. The van der Waals surface area contributed by atoms with Crippen LogP contribution in [0.15, 0.2) is 48.7 Å². The van der Waals surface area contributed by atoms with Gasteiger partial charge in [0.15, 0.2) is 0 Å². The van der Waals surface area contributed by atoms with Gasteiger partial charge in [-0.05, 0) is 43.3 Å². The molecule has 0 atom stereocenters. The Morgan fingerprint density at radius 2 is 1.86 bits per heavy atom. The summed E-state index contributed by atoms with van der Waals surface area (Å²) in [6.07, 6.45) is 1.48. The number of nitrogens with one attached hydrogen (secondary N) is 1. The number of hydrogen-bond acceptors (Lipinski definition) is 3. The Morgan fingerprint density at radius 1 is 1.11 bits per heavy atom. The van der Waals surface area contributed by atoms with Crippen molar-refractivity contribution in [3.05, 3.63) is 75.5 Å². The zero-order chi connectivity index (χ0) is 20.4. The van der Waals surface area contributed by atoms with Crippen LogP contribution in [0.25, 0.3) is 5.69 Å². The molecule has 0 aliphatic rings. The zero-order valence-corrected chi connectivity index (χ0v) is 17.0. The summed E-state index contributed by atoms with van der Waals surface area (Å²) < 4.78 is 1.63. The minimum atomic E-state index is -0.373.